The van der Waals surface area contributed by atoms with E-state index in [0.717, 1.165) is 19.2 Å². The maximum Gasteiger partial charge on any atom is 0.338 e. The molecular formula is C10H10F2O2. The highest BCUT2D eigenvalue weighted by molar-refractivity contribution is 5.89. The fraction of sp³-hybridized carbons (Fsp3) is 0.300. The number of methoxy groups -OCH3 is 1. The summed E-state index contributed by atoms with van der Waals surface area (Å²) in [5.41, 5.74) is -0.127. The van der Waals surface area contributed by atoms with Crippen LogP contribution in [-0.4, -0.2) is 13.1 Å². The molecular weight excluding hydrogens is 190 g/mol. The largest absolute Gasteiger partial charge is 0.465 e. The Bertz CT molecular complexity index is 338. The molecule has 0 unspecified atom stereocenters. The van der Waals surface area contributed by atoms with E-state index in [1.54, 1.807) is 6.92 Å². The number of carbonyl (C=O) groups excluding carboxylic acids is 1. The zero-order valence-electron chi connectivity index (χ0n) is 7.93. The molecule has 0 saturated heterocycles. The number of esters is 1. The molecule has 1 rings (SSSR count). The van der Waals surface area contributed by atoms with E-state index in [0.29, 0.717) is 0 Å². The Morgan fingerprint density at radius 3 is 2.21 bits per heavy atom. The van der Waals surface area contributed by atoms with E-state index in [-0.39, 0.29) is 17.5 Å². The van der Waals surface area contributed by atoms with Gasteiger partial charge in [-0.3, -0.25) is 0 Å². The lowest BCUT2D eigenvalue weighted by atomic mass is 10.1. The third-order valence-corrected chi connectivity index (χ3v) is 1.92. The lowest BCUT2D eigenvalue weighted by Gasteiger charge is -2.04. The number of hydrogen-bond acceptors (Lipinski definition) is 2. The van der Waals surface area contributed by atoms with Gasteiger partial charge in [-0.1, -0.05) is 6.92 Å². The smallest absolute Gasteiger partial charge is 0.338 e. The van der Waals surface area contributed by atoms with Crippen LogP contribution in [0.25, 0.3) is 0 Å². The normalized spacial score (nSPS) is 10.0. The Morgan fingerprint density at radius 2 is 1.86 bits per heavy atom. The Hall–Kier alpha value is -1.45. The molecule has 0 saturated carbocycles. The molecule has 0 aliphatic heterocycles. The van der Waals surface area contributed by atoms with Crippen molar-refractivity contribution in [2.75, 3.05) is 7.11 Å². The van der Waals surface area contributed by atoms with Gasteiger partial charge in [-0.25, -0.2) is 13.6 Å². The van der Waals surface area contributed by atoms with Gasteiger partial charge in [-0.15, -0.1) is 0 Å². The second-order valence-corrected chi connectivity index (χ2v) is 2.76. The van der Waals surface area contributed by atoms with Crippen molar-refractivity contribution >= 4 is 5.97 Å². The molecule has 0 N–H and O–H groups in total. The van der Waals surface area contributed by atoms with Gasteiger partial charge >= 0.3 is 5.97 Å². The second-order valence-electron chi connectivity index (χ2n) is 2.76. The summed E-state index contributed by atoms with van der Waals surface area (Å²) >= 11 is 0. The van der Waals surface area contributed by atoms with Crippen molar-refractivity contribution in [2.45, 2.75) is 13.3 Å². The van der Waals surface area contributed by atoms with E-state index in [1.807, 2.05) is 0 Å². The van der Waals surface area contributed by atoms with Crippen LogP contribution in [0.2, 0.25) is 0 Å². The van der Waals surface area contributed by atoms with Crippen molar-refractivity contribution in [3.63, 3.8) is 0 Å². The molecule has 0 bridgehead atoms. The lowest BCUT2D eigenvalue weighted by Crippen LogP contribution is -2.05. The zero-order valence-corrected chi connectivity index (χ0v) is 7.93. The average Bonchev–Trinajstić information content (AvgIpc) is 2.16. The predicted molar refractivity (Wildman–Crippen MR) is 47.1 cm³/mol. The first-order valence-electron chi connectivity index (χ1n) is 4.16. The van der Waals surface area contributed by atoms with Gasteiger partial charge in [0.25, 0.3) is 0 Å². The van der Waals surface area contributed by atoms with Gasteiger partial charge in [0.2, 0.25) is 0 Å². The second kappa shape index (κ2) is 4.17. The van der Waals surface area contributed by atoms with Gasteiger partial charge in [0.1, 0.15) is 11.6 Å². The minimum atomic E-state index is -0.745. The molecule has 0 aromatic heterocycles. The monoisotopic (exact) mass is 200 g/mol. The predicted octanol–water partition coefficient (Wildman–Crippen LogP) is 2.31. The minimum absolute atomic E-state index is 0.0161. The third kappa shape index (κ3) is 1.89. The molecule has 0 amide bonds. The first-order chi connectivity index (χ1) is 6.60. The standard InChI is InChI=1S/C10H10F2O2/c1-3-7-8(11)4-6(5-9(7)12)10(13)14-2/h4-5H,3H2,1-2H3. The lowest BCUT2D eigenvalue weighted by molar-refractivity contribution is 0.0599. The summed E-state index contributed by atoms with van der Waals surface area (Å²) in [5.74, 6) is -2.17. The molecule has 4 heteroatoms. The average molecular weight is 200 g/mol. The summed E-state index contributed by atoms with van der Waals surface area (Å²) in [6, 6.07) is 1.96. The summed E-state index contributed by atoms with van der Waals surface area (Å²) in [5, 5.41) is 0. The van der Waals surface area contributed by atoms with Crippen LogP contribution in [0.1, 0.15) is 22.8 Å². The molecule has 14 heavy (non-hydrogen) atoms. The molecule has 1 aromatic rings. The number of halogens is 2. The summed E-state index contributed by atoms with van der Waals surface area (Å²) in [6.45, 7) is 1.64. The molecule has 1 aromatic carbocycles. The quantitative estimate of drug-likeness (QED) is 0.685. The van der Waals surface area contributed by atoms with E-state index in [1.165, 1.54) is 0 Å². The van der Waals surface area contributed by atoms with Gasteiger partial charge in [-0.05, 0) is 18.6 Å². The van der Waals surface area contributed by atoms with Crippen LogP contribution in [-0.2, 0) is 11.2 Å². The number of hydrogen-bond donors (Lipinski definition) is 0. The van der Waals surface area contributed by atoms with Crippen LogP contribution in [0, 0.1) is 11.6 Å². The molecule has 0 atom stereocenters. The Morgan fingerprint density at radius 1 is 1.36 bits per heavy atom. The van der Waals surface area contributed by atoms with Gasteiger partial charge in [0.15, 0.2) is 0 Å². The van der Waals surface area contributed by atoms with Crippen molar-refractivity contribution in [1.82, 2.24) is 0 Å². The summed E-state index contributed by atoms with van der Waals surface area (Å²) in [7, 11) is 1.16. The summed E-state index contributed by atoms with van der Waals surface area (Å²) in [4.78, 5) is 11.0. The number of rotatable bonds is 2. The molecule has 0 radical (unpaired) electrons. The van der Waals surface area contributed by atoms with E-state index < -0.39 is 17.6 Å². The van der Waals surface area contributed by atoms with Crippen molar-refractivity contribution < 1.29 is 18.3 Å². The number of ether oxygens (including phenoxy) is 1. The van der Waals surface area contributed by atoms with Gasteiger partial charge in [-0.2, -0.15) is 0 Å². The molecule has 0 spiro atoms. The van der Waals surface area contributed by atoms with E-state index in [2.05, 4.69) is 4.74 Å². The molecule has 0 fully saturated rings. The number of benzene rings is 1. The molecule has 0 heterocycles. The fourth-order valence-corrected chi connectivity index (χ4v) is 1.18. The number of carbonyl (C=O) groups is 1. The summed E-state index contributed by atoms with van der Waals surface area (Å²) < 4.78 is 30.7. The van der Waals surface area contributed by atoms with Gasteiger partial charge in [0, 0.05) is 5.56 Å². The van der Waals surface area contributed by atoms with E-state index >= 15 is 0 Å². The van der Waals surface area contributed by atoms with Gasteiger partial charge in [0.05, 0.1) is 12.7 Å². The van der Waals surface area contributed by atoms with Crippen LogP contribution < -0.4 is 0 Å². The zero-order chi connectivity index (χ0) is 10.7. The summed E-state index contributed by atoms with van der Waals surface area (Å²) in [6.07, 6.45) is 0.249. The maximum absolute atomic E-state index is 13.2. The Kier molecular flexibility index (Phi) is 3.17. The molecule has 0 aliphatic carbocycles. The highest BCUT2D eigenvalue weighted by Gasteiger charge is 2.13. The van der Waals surface area contributed by atoms with Gasteiger partial charge < -0.3 is 4.74 Å². The Balaban J connectivity index is 3.20. The van der Waals surface area contributed by atoms with Crippen LogP contribution in [0.4, 0.5) is 8.78 Å². The SMILES string of the molecule is CCc1c(F)cc(C(=O)OC)cc1F. The van der Waals surface area contributed by atoms with Crippen molar-refractivity contribution in [1.29, 1.82) is 0 Å². The Labute approximate surface area is 80.5 Å². The highest BCUT2D eigenvalue weighted by atomic mass is 19.1. The third-order valence-electron chi connectivity index (χ3n) is 1.92. The van der Waals surface area contributed by atoms with Crippen molar-refractivity contribution in [3.05, 3.63) is 34.9 Å². The highest BCUT2D eigenvalue weighted by Crippen LogP contribution is 2.16. The first-order valence-corrected chi connectivity index (χ1v) is 4.16. The van der Waals surface area contributed by atoms with Crippen LogP contribution in [0.3, 0.4) is 0 Å². The van der Waals surface area contributed by atoms with Crippen LogP contribution in [0.5, 0.6) is 0 Å². The molecule has 76 valence electrons. The van der Waals surface area contributed by atoms with E-state index in [4.69, 9.17) is 0 Å². The maximum atomic E-state index is 13.2. The van der Waals surface area contributed by atoms with Crippen LogP contribution >= 0.6 is 0 Å². The first kappa shape index (κ1) is 10.6. The fourth-order valence-electron chi connectivity index (χ4n) is 1.18. The van der Waals surface area contributed by atoms with Crippen LogP contribution in [0.15, 0.2) is 12.1 Å². The van der Waals surface area contributed by atoms with E-state index in [9.17, 15) is 13.6 Å². The molecule has 2 nitrogen and oxygen atoms in total. The topological polar surface area (TPSA) is 26.3 Å². The van der Waals surface area contributed by atoms with Crippen molar-refractivity contribution in [3.8, 4) is 0 Å². The molecule has 0 aliphatic rings. The minimum Gasteiger partial charge on any atom is -0.465 e. The van der Waals surface area contributed by atoms with Crippen molar-refractivity contribution in [2.24, 2.45) is 0 Å².